The van der Waals surface area contributed by atoms with Crippen molar-refractivity contribution in [3.63, 3.8) is 0 Å². The smallest absolute Gasteiger partial charge is 0.295 e. The summed E-state index contributed by atoms with van der Waals surface area (Å²) >= 11 is 0. The predicted octanol–water partition coefficient (Wildman–Crippen LogP) is 1.77. The molecule has 0 radical (unpaired) electrons. The molecule has 0 spiro atoms. The van der Waals surface area contributed by atoms with E-state index < -0.39 is 30.0 Å². The fourth-order valence-electron chi connectivity index (χ4n) is 1.98. The van der Waals surface area contributed by atoms with Crippen molar-refractivity contribution >= 4 is 36.7 Å². The van der Waals surface area contributed by atoms with Crippen LogP contribution in [0.5, 0.6) is 0 Å². The number of rotatable bonds is 4. The van der Waals surface area contributed by atoms with Crippen molar-refractivity contribution in [1.82, 2.24) is 0 Å². The van der Waals surface area contributed by atoms with Crippen LogP contribution < -0.4 is 5.32 Å². The van der Waals surface area contributed by atoms with E-state index in [-0.39, 0.29) is 10.8 Å². The van der Waals surface area contributed by atoms with Crippen LogP contribution in [0.15, 0.2) is 40.1 Å². The fourth-order valence-corrected chi connectivity index (χ4v) is 3.34. The molecule has 114 valence electrons. The van der Waals surface area contributed by atoms with E-state index in [2.05, 4.69) is 5.32 Å². The summed E-state index contributed by atoms with van der Waals surface area (Å²) in [5, 5.41) is 3.41. The summed E-state index contributed by atoms with van der Waals surface area (Å²) in [6.45, 7) is 2.48. The lowest BCUT2D eigenvalue weighted by molar-refractivity contribution is 0.482. The van der Waals surface area contributed by atoms with Gasteiger partial charge >= 0.3 is 0 Å². The van der Waals surface area contributed by atoms with E-state index in [0.717, 1.165) is 12.1 Å². The van der Waals surface area contributed by atoms with Crippen molar-refractivity contribution < 1.29 is 25.9 Å². The molecule has 2 aromatic rings. The van der Waals surface area contributed by atoms with Crippen molar-refractivity contribution in [2.45, 2.75) is 16.7 Å². The maximum Gasteiger partial charge on any atom is 0.295 e. The Morgan fingerprint density at radius 1 is 1.00 bits per heavy atom. The molecule has 0 aromatic heterocycles. The zero-order chi connectivity index (χ0) is 15.8. The standard InChI is InChI=1S/C12H13NO6S2/c1-2-13-9-3-4-11-8(5-9)6-10(20(14,15)16)7-12(11)21(17,18)19/h3-7,13H,2H2,1H3,(H,14,15,16)(H,17,18,19). The van der Waals surface area contributed by atoms with Crippen LogP contribution in [0.3, 0.4) is 0 Å². The van der Waals surface area contributed by atoms with Gasteiger partial charge in [0.15, 0.2) is 0 Å². The van der Waals surface area contributed by atoms with Crippen LogP contribution in [0, 0.1) is 0 Å². The molecule has 0 saturated carbocycles. The fraction of sp³-hybridized carbons (Fsp3) is 0.167. The second kappa shape index (κ2) is 5.26. The third kappa shape index (κ3) is 3.32. The SMILES string of the molecule is CCNc1ccc2c(S(=O)(=O)O)cc(S(=O)(=O)O)cc2c1. The second-order valence-corrected chi connectivity index (χ2v) is 7.15. The lowest BCUT2D eigenvalue weighted by Crippen LogP contribution is -2.05. The number of anilines is 1. The summed E-state index contributed by atoms with van der Waals surface area (Å²) in [7, 11) is -9.23. The summed E-state index contributed by atoms with van der Waals surface area (Å²) in [4.78, 5) is -1.17. The molecule has 0 fully saturated rings. The monoisotopic (exact) mass is 331 g/mol. The van der Waals surface area contributed by atoms with Gasteiger partial charge in [0.25, 0.3) is 20.2 Å². The lowest BCUT2D eigenvalue weighted by Gasteiger charge is -2.09. The van der Waals surface area contributed by atoms with E-state index in [9.17, 15) is 21.4 Å². The van der Waals surface area contributed by atoms with E-state index in [1.165, 1.54) is 12.1 Å². The molecular weight excluding hydrogens is 318 g/mol. The van der Waals surface area contributed by atoms with Gasteiger partial charge in [0, 0.05) is 17.6 Å². The molecular formula is C12H13NO6S2. The first kappa shape index (κ1) is 15.7. The molecule has 2 rings (SSSR count). The molecule has 0 unspecified atom stereocenters. The molecule has 0 aliphatic carbocycles. The molecule has 0 aliphatic rings. The molecule has 0 saturated heterocycles. The first-order valence-corrected chi connectivity index (χ1v) is 8.77. The van der Waals surface area contributed by atoms with Gasteiger partial charge < -0.3 is 5.32 Å². The van der Waals surface area contributed by atoms with Crippen molar-refractivity contribution in [2.24, 2.45) is 0 Å². The first-order valence-electron chi connectivity index (χ1n) is 5.89. The van der Waals surface area contributed by atoms with E-state index in [4.69, 9.17) is 4.55 Å². The van der Waals surface area contributed by atoms with Crippen molar-refractivity contribution in [1.29, 1.82) is 0 Å². The van der Waals surface area contributed by atoms with Crippen LogP contribution in [0.2, 0.25) is 0 Å². The number of benzene rings is 2. The molecule has 0 atom stereocenters. The summed E-state index contributed by atoms with van der Waals surface area (Å²) in [5.74, 6) is 0. The topological polar surface area (TPSA) is 121 Å². The average molecular weight is 331 g/mol. The summed E-state index contributed by atoms with van der Waals surface area (Å²) in [5.41, 5.74) is 0.652. The van der Waals surface area contributed by atoms with Gasteiger partial charge in [-0.05, 0) is 36.6 Å². The van der Waals surface area contributed by atoms with Crippen LogP contribution in [-0.4, -0.2) is 32.5 Å². The molecule has 0 bridgehead atoms. The number of nitrogens with one attached hydrogen (secondary N) is 1. The average Bonchev–Trinajstić information content (AvgIpc) is 2.35. The van der Waals surface area contributed by atoms with Gasteiger partial charge in [-0.25, -0.2) is 0 Å². The largest absolute Gasteiger partial charge is 0.385 e. The highest BCUT2D eigenvalue weighted by molar-refractivity contribution is 7.86. The molecule has 7 nitrogen and oxygen atoms in total. The zero-order valence-electron chi connectivity index (χ0n) is 10.9. The van der Waals surface area contributed by atoms with Gasteiger partial charge in [0.1, 0.15) is 4.90 Å². The summed E-state index contributed by atoms with van der Waals surface area (Å²) < 4.78 is 63.6. The van der Waals surface area contributed by atoms with Crippen molar-refractivity contribution in [2.75, 3.05) is 11.9 Å². The van der Waals surface area contributed by atoms with Gasteiger partial charge in [0.2, 0.25) is 0 Å². The minimum Gasteiger partial charge on any atom is -0.385 e. The Bertz CT molecular complexity index is 903. The van der Waals surface area contributed by atoms with Gasteiger partial charge in [0.05, 0.1) is 4.90 Å². The molecule has 9 heteroatoms. The second-order valence-electron chi connectivity index (χ2n) is 4.34. The van der Waals surface area contributed by atoms with E-state index in [0.29, 0.717) is 12.2 Å². The highest BCUT2D eigenvalue weighted by Crippen LogP contribution is 2.29. The van der Waals surface area contributed by atoms with E-state index in [1.807, 2.05) is 6.92 Å². The molecule has 0 aliphatic heterocycles. The van der Waals surface area contributed by atoms with Gasteiger partial charge in [-0.2, -0.15) is 16.8 Å². The Morgan fingerprint density at radius 2 is 1.67 bits per heavy atom. The van der Waals surface area contributed by atoms with E-state index >= 15 is 0 Å². The molecule has 21 heavy (non-hydrogen) atoms. The zero-order valence-corrected chi connectivity index (χ0v) is 12.6. The summed E-state index contributed by atoms with van der Waals surface area (Å²) in [6.07, 6.45) is 0. The highest BCUT2D eigenvalue weighted by atomic mass is 32.2. The van der Waals surface area contributed by atoms with Crippen LogP contribution in [-0.2, 0) is 20.2 Å². The molecule has 2 aromatic carbocycles. The quantitative estimate of drug-likeness (QED) is 0.730. The molecule has 3 N–H and O–H groups in total. The van der Waals surface area contributed by atoms with Crippen molar-refractivity contribution in [3.05, 3.63) is 30.3 Å². The minimum atomic E-state index is -4.63. The van der Waals surface area contributed by atoms with Crippen molar-refractivity contribution in [3.8, 4) is 0 Å². The van der Waals surface area contributed by atoms with Crippen LogP contribution >= 0.6 is 0 Å². The number of hydrogen-bond acceptors (Lipinski definition) is 5. The number of fused-ring (bicyclic) bond motifs is 1. The normalized spacial score (nSPS) is 12.5. The van der Waals surface area contributed by atoms with Gasteiger partial charge in [-0.15, -0.1) is 0 Å². The third-order valence-corrected chi connectivity index (χ3v) is 4.57. The van der Waals surface area contributed by atoms with E-state index in [1.54, 1.807) is 6.07 Å². The van der Waals surface area contributed by atoms with Crippen LogP contribution in [0.25, 0.3) is 10.8 Å². The Kier molecular flexibility index (Phi) is 3.93. The maximum atomic E-state index is 11.4. The highest BCUT2D eigenvalue weighted by Gasteiger charge is 2.20. The van der Waals surface area contributed by atoms with Gasteiger partial charge in [-0.3, -0.25) is 9.11 Å². The maximum absolute atomic E-state index is 11.4. The number of hydrogen-bond donors (Lipinski definition) is 3. The van der Waals surface area contributed by atoms with Crippen LogP contribution in [0.1, 0.15) is 6.92 Å². The molecule has 0 heterocycles. The molecule has 0 amide bonds. The Balaban J connectivity index is 2.88. The summed E-state index contributed by atoms with van der Waals surface area (Å²) in [6, 6.07) is 6.44. The van der Waals surface area contributed by atoms with Crippen LogP contribution in [0.4, 0.5) is 5.69 Å². The third-order valence-electron chi connectivity index (χ3n) is 2.84. The Morgan fingerprint density at radius 3 is 2.19 bits per heavy atom. The predicted molar refractivity (Wildman–Crippen MR) is 77.7 cm³/mol. The van der Waals surface area contributed by atoms with Gasteiger partial charge in [-0.1, -0.05) is 6.07 Å². The Labute approximate surface area is 122 Å². The lowest BCUT2D eigenvalue weighted by atomic mass is 10.1. The first-order chi connectivity index (χ1) is 9.63. The minimum absolute atomic E-state index is 0.159. The Hall–Kier alpha value is -1.68.